The van der Waals surface area contributed by atoms with E-state index >= 15 is 0 Å². The van der Waals surface area contributed by atoms with Crippen molar-refractivity contribution in [2.45, 2.75) is 25.3 Å². The normalized spacial score (nSPS) is 11.4. The van der Waals surface area contributed by atoms with Crippen LogP contribution in [-0.4, -0.2) is 177 Å². The van der Waals surface area contributed by atoms with Crippen LogP contribution in [0.15, 0.2) is 104 Å². The Balaban J connectivity index is 0.674. The maximum Gasteiger partial charge on any atom is 0.335 e. The minimum atomic E-state index is -1.14. The van der Waals surface area contributed by atoms with Crippen molar-refractivity contribution in [2.75, 3.05) is 77.0 Å². The van der Waals surface area contributed by atoms with Crippen molar-refractivity contribution in [1.29, 1.82) is 0 Å². The number of hydrogen-bond acceptors (Lipinski definition) is 17. The van der Waals surface area contributed by atoms with Gasteiger partial charge in [-0.2, -0.15) is 0 Å². The lowest BCUT2D eigenvalue weighted by molar-refractivity contribution is -0.117. The van der Waals surface area contributed by atoms with Gasteiger partial charge in [0.15, 0.2) is 23.3 Å². The molecule has 0 saturated carbocycles. The second kappa shape index (κ2) is 30.8. The molecule has 0 unspecified atom stereocenters. The molecule has 0 fully saturated rings. The summed E-state index contributed by atoms with van der Waals surface area (Å²) in [5.74, 6) is -6.49. The zero-order chi connectivity index (χ0) is 71.5. The number of carbonyl (C=O) groups is 11. The molecule has 8 heterocycles. The fraction of sp³-hybridized carbons (Fsp3) is 0.286. The molecule has 10 amide bonds. The van der Waals surface area contributed by atoms with Gasteiger partial charge in [-0.15, -0.1) is 0 Å². The summed E-state index contributed by atoms with van der Waals surface area (Å²) in [6.45, 7) is 2.05. The second-order valence-corrected chi connectivity index (χ2v) is 23.2. The van der Waals surface area contributed by atoms with Gasteiger partial charge in [-0.3, -0.25) is 47.9 Å². The van der Waals surface area contributed by atoms with Crippen molar-refractivity contribution >= 4 is 105 Å². The molecule has 1 atom stereocenters. The highest BCUT2D eigenvalue weighted by molar-refractivity contribution is 6.10. The van der Waals surface area contributed by atoms with Gasteiger partial charge in [0.25, 0.3) is 53.2 Å². The van der Waals surface area contributed by atoms with E-state index in [9.17, 15) is 57.8 Å². The summed E-state index contributed by atoms with van der Waals surface area (Å²) >= 11 is 0. The van der Waals surface area contributed by atoms with Gasteiger partial charge in [-0.05, 0) is 81.9 Å². The number of aromatic nitrogens is 12. The summed E-state index contributed by atoms with van der Waals surface area (Å²) < 4.78 is 11.8. The Kier molecular flexibility index (Phi) is 21.9. The van der Waals surface area contributed by atoms with Gasteiger partial charge >= 0.3 is 5.97 Å². The lowest BCUT2D eigenvalue weighted by Crippen LogP contribution is -2.39. The van der Waals surface area contributed by atoms with Crippen LogP contribution in [0, 0.1) is 0 Å². The Morgan fingerprint density at radius 1 is 0.434 bits per heavy atom. The summed E-state index contributed by atoms with van der Waals surface area (Å²) in [6, 6.07) is 10.6. The minimum Gasteiger partial charge on any atom is -0.478 e. The third kappa shape index (κ3) is 17.6. The Bertz CT molecular complexity index is 4600. The van der Waals surface area contributed by atoms with E-state index in [1.54, 1.807) is 84.6 Å². The fourth-order valence-corrected chi connectivity index (χ4v) is 10.3. The number of carboxylic acid groups (broad SMARTS) is 1. The van der Waals surface area contributed by atoms with Crippen LogP contribution in [0.3, 0.4) is 0 Å². The highest BCUT2D eigenvalue weighted by atomic mass is 16.4. The summed E-state index contributed by atoms with van der Waals surface area (Å²) in [5.41, 5.74) is 8.42. The van der Waals surface area contributed by atoms with Gasteiger partial charge in [-0.25, -0.2) is 24.7 Å². The van der Waals surface area contributed by atoms with Gasteiger partial charge < -0.3 is 105 Å². The van der Waals surface area contributed by atoms with Crippen LogP contribution in [0.4, 0.5) is 40.2 Å². The van der Waals surface area contributed by atoms with Crippen LogP contribution in [0.1, 0.15) is 124 Å². The van der Waals surface area contributed by atoms with E-state index in [4.69, 9.17) is 5.73 Å². The van der Waals surface area contributed by atoms with Crippen molar-refractivity contribution in [3.05, 3.63) is 162 Å². The third-order valence-corrected chi connectivity index (χ3v) is 15.4. The first kappa shape index (κ1) is 70.6. The van der Waals surface area contributed by atoms with E-state index in [0.717, 1.165) is 0 Å². The third-order valence-electron chi connectivity index (χ3n) is 15.4. The maximum absolute atomic E-state index is 13.6. The van der Waals surface area contributed by atoms with E-state index < -0.39 is 59.3 Å². The number of aromatic carboxylic acids is 1. The SMILES string of the molecule is CN(CCCNC(=O)c1cccc(C(=O)O)c1)CCCNC(=O)c1cc(NC(=O)c2cc(NC(=O)c3cc(NC(=O)c4nc(NC(=O)[C@H](N)CCNC(=O)c5nc(NC(=O)c6cc(NC(=O)c7nc(NC(=O)c8nccn8C)cn7C)cn6C)cn5C)cn4C)cn3C)cn2C)cn1C. The smallest absolute Gasteiger partial charge is 0.335 e. The average molecular weight is 1360 g/mol. The number of hydrogen-bond donors (Lipinski definition) is 12. The number of imidazole rings is 4. The van der Waals surface area contributed by atoms with E-state index in [-0.39, 0.29) is 105 Å². The number of nitrogens with zero attached hydrogens (tertiary/aromatic N) is 13. The number of nitrogens with two attached hydrogens (primary N) is 1. The zero-order valence-electron chi connectivity index (χ0n) is 55.4. The minimum absolute atomic E-state index is 0.00455. The number of aryl methyl sites for hydroxylation is 8. The van der Waals surface area contributed by atoms with Crippen LogP contribution < -0.4 is 58.9 Å². The van der Waals surface area contributed by atoms with E-state index in [1.807, 2.05) is 7.05 Å². The molecule has 0 saturated heterocycles. The molecule has 36 heteroatoms. The van der Waals surface area contributed by atoms with Crippen LogP contribution in [0.2, 0.25) is 0 Å². The van der Waals surface area contributed by atoms with Crippen LogP contribution in [0.5, 0.6) is 0 Å². The fourth-order valence-electron chi connectivity index (χ4n) is 10.3. The number of anilines is 7. The largest absolute Gasteiger partial charge is 0.478 e. The predicted molar refractivity (Wildman–Crippen MR) is 361 cm³/mol. The van der Waals surface area contributed by atoms with Crippen molar-refractivity contribution in [3.63, 3.8) is 0 Å². The van der Waals surface area contributed by atoms with E-state index in [1.165, 1.54) is 113 Å². The molecule has 0 aliphatic carbocycles. The molecule has 99 heavy (non-hydrogen) atoms. The molecular formula is C63H74N24O12. The summed E-state index contributed by atoms with van der Waals surface area (Å²) in [6.07, 6.45) is 14.8. The number of amides is 10. The van der Waals surface area contributed by atoms with Crippen molar-refractivity contribution in [2.24, 2.45) is 62.1 Å². The van der Waals surface area contributed by atoms with E-state index in [0.29, 0.717) is 56.1 Å². The molecular weight excluding hydrogens is 1280 g/mol. The Labute approximate surface area is 564 Å². The van der Waals surface area contributed by atoms with Gasteiger partial charge in [0.1, 0.15) is 22.8 Å². The molecule has 8 aromatic heterocycles. The maximum atomic E-state index is 13.6. The van der Waals surface area contributed by atoms with Crippen molar-refractivity contribution in [1.82, 2.24) is 77.3 Å². The summed E-state index contributed by atoms with van der Waals surface area (Å²) in [4.78, 5) is 162. The second-order valence-electron chi connectivity index (χ2n) is 23.2. The Hall–Kier alpha value is -12.7. The molecule has 0 aliphatic rings. The topological polar surface area (TPSA) is 449 Å². The Morgan fingerprint density at radius 3 is 1.27 bits per heavy atom. The van der Waals surface area contributed by atoms with Crippen molar-refractivity contribution in [3.8, 4) is 0 Å². The first-order valence-electron chi connectivity index (χ1n) is 30.6. The van der Waals surface area contributed by atoms with Gasteiger partial charge in [0, 0.05) is 137 Å². The van der Waals surface area contributed by atoms with E-state index in [2.05, 4.69) is 78.0 Å². The zero-order valence-corrected chi connectivity index (χ0v) is 55.4. The van der Waals surface area contributed by atoms with Crippen LogP contribution in [-0.2, 0) is 61.2 Å². The number of nitrogens with one attached hydrogen (secondary N) is 10. The lowest BCUT2D eigenvalue weighted by atomic mass is 10.1. The molecule has 0 bridgehead atoms. The summed E-state index contributed by atoms with van der Waals surface area (Å²) in [7, 11) is 14.7. The molecule has 9 aromatic rings. The molecule has 13 N–H and O–H groups in total. The predicted octanol–water partition coefficient (Wildman–Crippen LogP) is 2.14. The molecule has 0 spiro atoms. The summed E-state index contributed by atoms with van der Waals surface area (Å²) in [5, 5.41) is 36.3. The van der Waals surface area contributed by atoms with Crippen LogP contribution in [0.25, 0.3) is 0 Å². The number of carbonyl (C=O) groups excluding carboxylic acids is 10. The van der Waals surface area contributed by atoms with Gasteiger partial charge in [-0.1, -0.05) is 6.07 Å². The first-order valence-corrected chi connectivity index (χ1v) is 30.6. The standard InChI is InChI=1S/C63H74N24O12/c1-79(20-11-16-66-53(88)35-13-10-14-36(23-35)63(98)99)21-12-17-67-55(90)42-24-37(28-81(42)3)69-56(91)43-25-38(29-82(43)4)70-57(92)44-26-39(30-83(44)5)71-61(96)51-74-46(32-86(51)8)76-54(89)41(64)15-18-68-59(94)50-73-47(33-85(50)7)77-58(93)45-27-40(31-84(45)6)72-62(97)52-75-48(34-87(52)9)78-60(95)49-65-19-22-80(49)2/h10,13-14,19,22-34,41H,11-12,15-18,20-21,64H2,1-9H3,(H,66,88)(H,67,90)(H,68,94)(H,69,91)(H,70,92)(H,71,96)(H,72,97)(H,76,89)(H,77,93)(H,78,95)(H,98,99)/t41-/m1/s1. The Morgan fingerprint density at radius 2 is 0.818 bits per heavy atom. The highest BCUT2D eigenvalue weighted by Crippen LogP contribution is 2.23. The monoisotopic (exact) mass is 1360 g/mol. The molecule has 36 nitrogen and oxygen atoms in total. The van der Waals surface area contributed by atoms with Crippen molar-refractivity contribution < 1.29 is 57.8 Å². The molecule has 0 aliphatic heterocycles. The van der Waals surface area contributed by atoms with Gasteiger partial charge in [0.05, 0.1) is 34.4 Å². The lowest BCUT2D eigenvalue weighted by Gasteiger charge is -2.17. The number of carboxylic acids is 1. The number of rotatable bonds is 29. The quantitative estimate of drug-likeness (QED) is 0.0299. The van der Waals surface area contributed by atoms with Gasteiger partial charge in [0.2, 0.25) is 23.4 Å². The molecule has 9 rings (SSSR count). The highest BCUT2D eigenvalue weighted by Gasteiger charge is 2.26. The average Bonchev–Trinajstić information content (AvgIpc) is 1.69. The molecule has 518 valence electrons. The molecule has 0 radical (unpaired) electrons. The van der Waals surface area contributed by atoms with Crippen LogP contribution >= 0.6 is 0 Å². The number of benzene rings is 1. The first-order chi connectivity index (χ1) is 47.1. The molecule has 1 aromatic carbocycles.